The maximum atomic E-state index is 9.39. The highest BCUT2D eigenvalue weighted by atomic mass is 16.3. The van der Waals surface area contributed by atoms with Gasteiger partial charge in [0.1, 0.15) is 5.82 Å². The molecule has 1 aromatic heterocycles. The van der Waals surface area contributed by atoms with Gasteiger partial charge in [0.25, 0.3) is 0 Å². The highest BCUT2D eigenvalue weighted by Crippen LogP contribution is 2.27. The van der Waals surface area contributed by atoms with Crippen molar-refractivity contribution in [2.24, 2.45) is 0 Å². The average Bonchev–Trinajstić information content (AvgIpc) is 2.43. The number of benzene rings is 1. The highest BCUT2D eigenvalue weighted by molar-refractivity contribution is 5.92. The molecule has 0 saturated heterocycles. The minimum Gasteiger partial charge on any atom is -0.390 e. The number of aromatic nitrogens is 1. The average molecular weight is 258 g/mol. The molecule has 0 saturated carbocycles. The largest absolute Gasteiger partial charge is 0.390 e. The highest BCUT2D eigenvalue weighted by Gasteiger charge is 2.15. The Balaban J connectivity index is 2.61. The van der Waals surface area contributed by atoms with Crippen molar-refractivity contribution in [3.63, 3.8) is 0 Å². The maximum Gasteiger partial charge on any atom is 0.137 e. The Kier molecular flexibility index (Phi) is 4.38. The number of aliphatic hydroxyl groups is 1. The summed E-state index contributed by atoms with van der Waals surface area (Å²) in [5, 5.41) is 11.7. The summed E-state index contributed by atoms with van der Waals surface area (Å²) in [5.41, 5.74) is 0.732. The van der Waals surface area contributed by atoms with Crippen LogP contribution in [0.5, 0.6) is 0 Å². The van der Waals surface area contributed by atoms with E-state index in [0.717, 1.165) is 35.2 Å². The maximum absolute atomic E-state index is 9.39. The smallest absolute Gasteiger partial charge is 0.137 e. The lowest BCUT2D eigenvalue weighted by molar-refractivity contribution is 0.277. The molecule has 0 radical (unpaired) electrons. The molecule has 2 rings (SSSR count). The van der Waals surface area contributed by atoms with Crippen molar-refractivity contribution < 1.29 is 5.11 Å². The lowest BCUT2D eigenvalue weighted by atomic mass is 10.1. The molecule has 0 spiro atoms. The molecule has 1 aromatic carbocycles. The molecule has 0 fully saturated rings. The first-order valence-corrected chi connectivity index (χ1v) is 6.93. The first-order chi connectivity index (χ1) is 9.17. The SMILES string of the molecule is CCCN(c1nc(CO)cc2ccccc12)C(C)C. The van der Waals surface area contributed by atoms with Gasteiger partial charge in [0.05, 0.1) is 12.3 Å². The fourth-order valence-corrected chi connectivity index (χ4v) is 2.38. The van der Waals surface area contributed by atoms with E-state index < -0.39 is 0 Å². The zero-order valence-corrected chi connectivity index (χ0v) is 11.9. The number of aliphatic hydroxyl groups excluding tert-OH is 1. The predicted octanol–water partition coefficient (Wildman–Crippen LogP) is 3.35. The molecule has 19 heavy (non-hydrogen) atoms. The first kappa shape index (κ1) is 13.8. The summed E-state index contributed by atoms with van der Waals surface area (Å²) in [7, 11) is 0. The van der Waals surface area contributed by atoms with Crippen molar-refractivity contribution in [2.45, 2.75) is 39.8 Å². The van der Waals surface area contributed by atoms with E-state index in [2.05, 4.69) is 42.8 Å². The van der Waals surface area contributed by atoms with Crippen LogP contribution in [-0.4, -0.2) is 22.7 Å². The van der Waals surface area contributed by atoms with Crippen molar-refractivity contribution in [2.75, 3.05) is 11.4 Å². The molecule has 1 N–H and O–H groups in total. The minimum atomic E-state index is -0.0180. The number of hydrogen-bond acceptors (Lipinski definition) is 3. The number of nitrogens with zero attached hydrogens (tertiary/aromatic N) is 2. The van der Waals surface area contributed by atoms with Crippen LogP contribution in [-0.2, 0) is 6.61 Å². The number of anilines is 1. The second-order valence-electron chi connectivity index (χ2n) is 5.10. The van der Waals surface area contributed by atoms with E-state index in [9.17, 15) is 5.11 Å². The van der Waals surface area contributed by atoms with E-state index in [4.69, 9.17) is 0 Å². The van der Waals surface area contributed by atoms with E-state index in [1.54, 1.807) is 0 Å². The Hall–Kier alpha value is -1.61. The van der Waals surface area contributed by atoms with Gasteiger partial charge in [-0.1, -0.05) is 31.2 Å². The van der Waals surface area contributed by atoms with E-state index in [1.165, 1.54) is 0 Å². The minimum absolute atomic E-state index is 0.0180. The normalized spacial score (nSPS) is 11.2. The molecular formula is C16H22N2O. The summed E-state index contributed by atoms with van der Waals surface area (Å²) in [4.78, 5) is 6.94. The Morgan fingerprint density at radius 1 is 1.26 bits per heavy atom. The summed E-state index contributed by atoms with van der Waals surface area (Å²) in [6.07, 6.45) is 1.08. The Bertz CT molecular complexity index is 551. The van der Waals surface area contributed by atoms with E-state index >= 15 is 0 Å². The molecule has 2 aromatic rings. The van der Waals surface area contributed by atoms with Gasteiger partial charge in [0.2, 0.25) is 0 Å². The fourth-order valence-electron chi connectivity index (χ4n) is 2.38. The van der Waals surface area contributed by atoms with Gasteiger partial charge in [0.15, 0.2) is 0 Å². The van der Waals surface area contributed by atoms with Gasteiger partial charge in [-0.25, -0.2) is 4.98 Å². The quantitative estimate of drug-likeness (QED) is 0.893. The number of pyridine rings is 1. The molecule has 0 amide bonds. The summed E-state index contributed by atoms with van der Waals surface area (Å²) in [6, 6.07) is 10.6. The number of fused-ring (bicyclic) bond motifs is 1. The third-order valence-electron chi connectivity index (χ3n) is 3.30. The second kappa shape index (κ2) is 6.02. The monoisotopic (exact) mass is 258 g/mol. The molecule has 102 valence electrons. The summed E-state index contributed by atoms with van der Waals surface area (Å²) in [6.45, 7) is 7.49. The first-order valence-electron chi connectivity index (χ1n) is 6.93. The molecule has 0 bridgehead atoms. The molecule has 3 heteroatoms. The zero-order valence-electron chi connectivity index (χ0n) is 11.9. The van der Waals surface area contributed by atoms with Gasteiger partial charge in [-0.05, 0) is 31.7 Å². The van der Waals surface area contributed by atoms with Crippen LogP contribution in [0.15, 0.2) is 30.3 Å². The van der Waals surface area contributed by atoms with Gasteiger partial charge in [0, 0.05) is 18.0 Å². The van der Waals surface area contributed by atoms with E-state index in [-0.39, 0.29) is 6.61 Å². The molecule has 3 nitrogen and oxygen atoms in total. The Morgan fingerprint density at radius 2 is 2.00 bits per heavy atom. The van der Waals surface area contributed by atoms with Gasteiger partial charge in [-0.15, -0.1) is 0 Å². The third kappa shape index (κ3) is 2.87. The van der Waals surface area contributed by atoms with E-state index in [0.29, 0.717) is 6.04 Å². The standard InChI is InChI=1S/C16H22N2O/c1-4-9-18(12(2)3)16-15-8-6-5-7-13(15)10-14(11-19)17-16/h5-8,10,12,19H,4,9,11H2,1-3H3. The van der Waals surface area contributed by atoms with Crippen LogP contribution >= 0.6 is 0 Å². The van der Waals surface area contributed by atoms with Gasteiger partial charge in [-0.3, -0.25) is 0 Å². The van der Waals surface area contributed by atoms with Crippen molar-refractivity contribution in [1.29, 1.82) is 0 Å². The van der Waals surface area contributed by atoms with Crippen LogP contribution in [0.25, 0.3) is 10.8 Å². The second-order valence-corrected chi connectivity index (χ2v) is 5.10. The lowest BCUT2D eigenvalue weighted by Gasteiger charge is -2.29. The van der Waals surface area contributed by atoms with Crippen molar-refractivity contribution >= 4 is 16.6 Å². The summed E-state index contributed by atoms with van der Waals surface area (Å²) < 4.78 is 0. The van der Waals surface area contributed by atoms with Crippen molar-refractivity contribution in [3.05, 3.63) is 36.0 Å². The van der Waals surface area contributed by atoms with Crippen LogP contribution in [0.4, 0.5) is 5.82 Å². The molecule has 0 aliphatic heterocycles. The zero-order chi connectivity index (χ0) is 13.8. The number of hydrogen-bond donors (Lipinski definition) is 1. The predicted molar refractivity (Wildman–Crippen MR) is 80.4 cm³/mol. The molecule has 0 aliphatic rings. The molecule has 1 heterocycles. The van der Waals surface area contributed by atoms with Gasteiger partial charge in [-0.2, -0.15) is 0 Å². The summed E-state index contributed by atoms with van der Waals surface area (Å²) >= 11 is 0. The Morgan fingerprint density at radius 3 is 2.63 bits per heavy atom. The molecule has 0 aliphatic carbocycles. The van der Waals surface area contributed by atoms with Crippen LogP contribution in [0.3, 0.4) is 0 Å². The van der Waals surface area contributed by atoms with Crippen LogP contribution in [0.1, 0.15) is 32.9 Å². The van der Waals surface area contributed by atoms with Crippen molar-refractivity contribution in [1.82, 2.24) is 4.98 Å². The Labute approximate surface area is 114 Å². The third-order valence-corrected chi connectivity index (χ3v) is 3.30. The van der Waals surface area contributed by atoms with Crippen LogP contribution in [0.2, 0.25) is 0 Å². The fraction of sp³-hybridized carbons (Fsp3) is 0.438. The van der Waals surface area contributed by atoms with E-state index in [1.807, 2.05) is 18.2 Å². The topological polar surface area (TPSA) is 36.4 Å². The van der Waals surface area contributed by atoms with Gasteiger partial charge < -0.3 is 10.0 Å². The summed E-state index contributed by atoms with van der Waals surface area (Å²) in [5.74, 6) is 0.985. The van der Waals surface area contributed by atoms with Crippen LogP contribution in [0, 0.1) is 0 Å². The molecule has 0 unspecified atom stereocenters. The van der Waals surface area contributed by atoms with Crippen LogP contribution < -0.4 is 4.90 Å². The molecular weight excluding hydrogens is 236 g/mol. The van der Waals surface area contributed by atoms with Crippen molar-refractivity contribution in [3.8, 4) is 0 Å². The lowest BCUT2D eigenvalue weighted by Crippen LogP contribution is -2.32. The van der Waals surface area contributed by atoms with Gasteiger partial charge >= 0.3 is 0 Å². The number of rotatable bonds is 5. The molecule has 0 atom stereocenters.